The Labute approximate surface area is 190 Å². The predicted molar refractivity (Wildman–Crippen MR) is 126 cm³/mol. The van der Waals surface area contributed by atoms with E-state index in [1.54, 1.807) is 13.3 Å². The molecule has 7 heteroatoms. The van der Waals surface area contributed by atoms with Gasteiger partial charge >= 0.3 is 0 Å². The van der Waals surface area contributed by atoms with Crippen molar-refractivity contribution in [3.8, 4) is 16.9 Å². The number of amides is 1. The Morgan fingerprint density at radius 1 is 1.19 bits per heavy atom. The fraction of sp³-hybridized carbons (Fsp3) is 0.240. The molecule has 0 aliphatic carbocycles. The second kappa shape index (κ2) is 8.68. The minimum absolute atomic E-state index is 0.154. The molecule has 1 saturated heterocycles. The second-order valence-corrected chi connectivity index (χ2v) is 8.80. The number of nitrogens with one attached hydrogen (secondary N) is 1. The van der Waals surface area contributed by atoms with Gasteiger partial charge in [0.2, 0.25) is 0 Å². The van der Waals surface area contributed by atoms with E-state index in [-0.39, 0.29) is 12.0 Å². The number of para-hydroxylation sites is 1. The lowest BCUT2D eigenvalue weighted by molar-refractivity contribution is 0.102. The van der Waals surface area contributed by atoms with Gasteiger partial charge in [0.25, 0.3) is 5.91 Å². The van der Waals surface area contributed by atoms with E-state index in [4.69, 9.17) is 9.47 Å². The number of nitrogens with zero attached hydrogens (tertiary/aromatic N) is 2. The molecule has 1 amide bonds. The highest BCUT2D eigenvalue weighted by molar-refractivity contribution is 7.22. The van der Waals surface area contributed by atoms with E-state index < -0.39 is 0 Å². The van der Waals surface area contributed by atoms with Crippen LogP contribution >= 0.6 is 11.3 Å². The molecule has 1 aliphatic rings. The molecule has 4 aromatic rings. The zero-order chi connectivity index (χ0) is 22.1. The van der Waals surface area contributed by atoms with Gasteiger partial charge in [0.1, 0.15) is 5.75 Å². The number of anilines is 1. The van der Waals surface area contributed by atoms with E-state index in [2.05, 4.69) is 27.4 Å². The first kappa shape index (κ1) is 20.6. The topological polar surface area (TPSA) is 73.3 Å². The summed E-state index contributed by atoms with van der Waals surface area (Å²) in [4.78, 5) is 22.2. The number of rotatable bonds is 5. The van der Waals surface area contributed by atoms with Crippen molar-refractivity contribution < 1.29 is 14.3 Å². The van der Waals surface area contributed by atoms with E-state index in [1.165, 1.54) is 11.3 Å². The van der Waals surface area contributed by atoms with Gasteiger partial charge in [0, 0.05) is 29.6 Å². The third-order valence-electron chi connectivity index (χ3n) is 5.62. The van der Waals surface area contributed by atoms with Gasteiger partial charge in [-0.1, -0.05) is 35.6 Å². The van der Waals surface area contributed by atoms with E-state index >= 15 is 0 Å². The fourth-order valence-electron chi connectivity index (χ4n) is 4.03. The quantitative estimate of drug-likeness (QED) is 0.422. The van der Waals surface area contributed by atoms with Gasteiger partial charge in [-0.05, 0) is 49.6 Å². The summed E-state index contributed by atoms with van der Waals surface area (Å²) in [6, 6.07) is 15.7. The van der Waals surface area contributed by atoms with Crippen molar-refractivity contribution in [2.75, 3.05) is 19.0 Å². The van der Waals surface area contributed by atoms with Crippen molar-refractivity contribution in [1.82, 2.24) is 9.97 Å². The van der Waals surface area contributed by atoms with E-state index in [9.17, 15) is 4.79 Å². The molecular formula is C25H23N3O3S. The van der Waals surface area contributed by atoms with Crippen molar-refractivity contribution in [2.24, 2.45) is 0 Å². The lowest BCUT2D eigenvalue weighted by atomic mass is 9.99. The van der Waals surface area contributed by atoms with Crippen LogP contribution < -0.4 is 10.1 Å². The number of fused-ring (bicyclic) bond motifs is 1. The lowest BCUT2D eigenvalue weighted by Crippen LogP contribution is -2.14. The number of aromatic nitrogens is 2. The maximum absolute atomic E-state index is 13.2. The van der Waals surface area contributed by atoms with Gasteiger partial charge < -0.3 is 9.47 Å². The summed E-state index contributed by atoms with van der Waals surface area (Å²) in [6.45, 7) is 2.71. The van der Waals surface area contributed by atoms with Crippen LogP contribution in [-0.2, 0) is 4.74 Å². The van der Waals surface area contributed by atoms with Crippen LogP contribution in [0, 0.1) is 6.92 Å². The van der Waals surface area contributed by atoms with Gasteiger partial charge in [-0.25, -0.2) is 4.98 Å². The molecule has 32 heavy (non-hydrogen) atoms. The number of thiazole rings is 1. The zero-order valence-electron chi connectivity index (χ0n) is 17.9. The zero-order valence-corrected chi connectivity index (χ0v) is 18.7. The highest BCUT2D eigenvalue weighted by atomic mass is 32.1. The number of pyridine rings is 1. The normalized spacial score (nSPS) is 15.8. The number of methoxy groups -OCH3 is 1. The number of benzene rings is 2. The smallest absolute Gasteiger partial charge is 0.259 e. The molecule has 0 saturated carbocycles. The van der Waals surface area contributed by atoms with Gasteiger partial charge in [-0.3, -0.25) is 15.1 Å². The predicted octanol–water partition coefficient (Wildman–Crippen LogP) is 5.78. The standard InChI is InChI=1S/C25H23N3O3S/c1-15-12-18(17-6-3-4-7-22(17)30-2)19(14-26-15)24(29)28-25-27-20-10-9-16(13-23(20)32-25)21-8-5-11-31-21/h3-4,6-7,9-10,12-14,21H,5,8,11H2,1-2H3,(H,27,28,29)/t21-/m1/s1. The molecule has 6 nitrogen and oxygen atoms in total. The summed E-state index contributed by atoms with van der Waals surface area (Å²) in [5.74, 6) is 0.450. The van der Waals surface area contributed by atoms with Crippen LogP contribution in [0.5, 0.6) is 5.75 Å². The highest BCUT2D eigenvalue weighted by Crippen LogP contribution is 2.35. The molecule has 5 rings (SSSR count). The minimum atomic E-state index is -0.253. The van der Waals surface area contributed by atoms with E-state index in [1.807, 2.05) is 43.3 Å². The molecule has 1 fully saturated rings. The molecular weight excluding hydrogens is 422 g/mol. The molecule has 1 aliphatic heterocycles. The number of hydrogen-bond acceptors (Lipinski definition) is 6. The Morgan fingerprint density at radius 2 is 2.06 bits per heavy atom. The first-order valence-electron chi connectivity index (χ1n) is 10.6. The fourth-order valence-corrected chi connectivity index (χ4v) is 4.94. The van der Waals surface area contributed by atoms with Crippen LogP contribution in [-0.4, -0.2) is 29.6 Å². The van der Waals surface area contributed by atoms with Crippen LogP contribution in [0.2, 0.25) is 0 Å². The van der Waals surface area contributed by atoms with Gasteiger partial charge in [-0.15, -0.1) is 0 Å². The largest absolute Gasteiger partial charge is 0.496 e. The van der Waals surface area contributed by atoms with E-state index in [0.29, 0.717) is 16.4 Å². The molecule has 1 N–H and O–H groups in total. The summed E-state index contributed by atoms with van der Waals surface area (Å²) >= 11 is 1.46. The number of carbonyl (C=O) groups is 1. The van der Waals surface area contributed by atoms with Crippen molar-refractivity contribution in [3.05, 3.63) is 71.5 Å². The van der Waals surface area contributed by atoms with E-state index in [0.717, 1.165) is 52.0 Å². The summed E-state index contributed by atoms with van der Waals surface area (Å²) in [5.41, 5.74) is 4.94. The summed E-state index contributed by atoms with van der Waals surface area (Å²) < 4.78 is 12.3. The monoisotopic (exact) mass is 445 g/mol. The van der Waals surface area contributed by atoms with Gasteiger partial charge in [0.15, 0.2) is 5.13 Å². The average molecular weight is 446 g/mol. The average Bonchev–Trinajstić information content (AvgIpc) is 3.48. The first-order valence-corrected chi connectivity index (χ1v) is 11.4. The van der Waals surface area contributed by atoms with Crippen molar-refractivity contribution in [3.63, 3.8) is 0 Å². The first-order chi connectivity index (χ1) is 15.6. The molecule has 0 spiro atoms. The molecule has 0 unspecified atom stereocenters. The third-order valence-corrected chi connectivity index (χ3v) is 6.55. The third kappa shape index (κ3) is 3.97. The number of hydrogen-bond donors (Lipinski definition) is 1. The van der Waals surface area contributed by atoms with Crippen molar-refractivity contribution >= 4 is 32.6 Å². The highest BCUT2D eigenvalue weighted by Gasteiger charge is 2.20. The van der Waals surface area contributed by atoms with Crippen LogP contribution in [0.25, 0.3) is 21.3 Å². The molecule has 2 aromatic heterocycles. The lowest BCUT2D eigenvalue weighted by Gasteiger charge is -2.13. The minimum Gasteiger partial charge on any atom is -0.496 e. The SMILES string of the molecule is COc1ccccc1-c1cc(C)ncc1C(=O)Nc1nc2ccc([C@H]3CCCO3)cc2s1. The summed E-state index contributed by atoms with van der Waals surface area (Å²) in [6.07, 6.45) is 3.89. The Hall–Kier alpha value is -3.29. The maximum Gasteiger partial charge on any atom is 0.259 e. The second-order valence-electron chi connectivity index (χ2n) is 7.77. The summed E-state index contributed by atoms with van der Waals surface area (Å²) in [5, 5.41) is 3.52. The van der Waals surface area contributed by atoms with Crippen LogP contribution in [0.15, 0.2) is 54.7 Å². The van der Waals surface area contributed by atoms with Crippen molar-refractivity contribution in [2.45, 2.75) is 25.9 Å². The molecule has 2 aromatic carbocycles. The Bertz CT molecular complexity index is 1290. The molecule has 0 bridgehead atoms. The van der Waals surface area contributed by atoms with Gasteiger partial charge in [0.05, 0.1) is 29.0 Å². The molecule has 1 atom stereocenters. The molecule has 162 valence electrons. The Balaban J connectivity index is 1.46. The Morgan fingerprint density at radius 3 is 2.88 bits per heavy atom. The number of aryl methyl sites for hydroxylation is 1. The molecule has 0 radical (unpaired) electrons. The number of ether oxygens (including phenoxy) is 2. The molecule has 3 heterocycles. The van der Waals surface area contributed by atoms with Crippen LogP contribution in [0.4, 0.5) is 5.13 Å². The Kier molecular flexibility index (Phi) is 5.59. The van der Waals surface area contributed by atoms with Gasteiger partial charge in [-0.2, -0.15) is 0 Å². The van der Waals surface area contributed by atoms with Crippen LogP contribution in [0.1, 0.15) is 40.6 Å². The maximum atomic E-state index is 13.2. The van der Waals surface area contributed by atoms with Crippen LogP contribution in [0.3, 0.4) is 0 Å². The van der Waals surface area contributed by atoms with Crippen molar-refractivity contribution in [1.29, 1.82) is 0 Å². The summed E-state index contributed by atoms with van der Waals surface area (Å²) in [7, 11) is 1.62. The number of carbonyl (C=O) groups excluding carboxylic acids is 1.